The zero-order chi connectivity index (χ0) is 26.8. The topological polar surface area (TPSA) is 83.9 Å². The zero-order valence-electron chi connectivity index (χ0n) is 21.3. The Hall–Kier alpha value is -2.57. The van der Waals surface area contributed by atoms with Gasteiger partial charge in [0.1, 0.15) is 11.6 Å². The molecule has 0 saturated carbocycles. The molecule has 8 heteroatoms. The number of nitrogens with zero attached hydrogens (tertiary/aromatic N) is 1. The number of esters is 1. The van der Waals surface area contributed by atoms with Crippen molar-refractivity contribution in [3.05, 3.63) is 69.7 Å². The molecule has 1 amide bonds. The van der Waals surface area contributed by atoms with E-state index in [1.807, 2.05) is 37.3 Å². The highest BCUT2D eigenvalue weighted by molar-refractivity contribution is 6.30. The standard InChI is InChI=1S/C28H33Cl2NO5/c1-6-22(25(34)36-27(2,3)4)31-24(17-10-12-19(29)13-11-17)21(18-8-7-9-20(30)14-18)15-28(5,26(31)35)16-23(32)33/h7-14,21-22,24H,6,15-16H2,1-5H3,(H,32,33). The third-order valence-corrected chi connectivity index (χ3v) is 7.02. The SMILES string of the molecule is CCC(C(=O)OC(C)(C)C)N1C(=O)C(C)(CC(=O)O)CC(c2cccc(Cl)c2)C1c1ccc(Cl)cc1. The monoisotopic (exact) mass is 533 g/mol. The summed E-state index contributed by atoms with van der Waals surface area (Å²) in [6.07, 6.45) is 0.209. The quantitative estimate of drug-likeness (QED) is 0.402. The van der Waals surface area contributed by atoms with Crippen LogP contribution in [0, 0.1) is 5.41 Å². The van der Waals surface area contributed by atoms with Crippen LogP contribution in [0.2, 0.25) is 10.0 Å². The van der Waals surface area contributed by atoms with Gasteiger partial charge in [0.25, 0.3) is 0 Å². The van der Waals surface area contributed by atoms with E-state index in [4.69, 9.17) is 27.9 Å². The van der Waals surface area contributed by atoms with Crippen molar-refractivity contribution >= 4 is 41.0 Å². The van der Waals surface area contributed by atoms with Gasteiger partial charge in [-0.2, -0.15) is 0 Å². The normalized spacial score (nSPS) is 23.3. The molecule has 0 aromatic heterocycles. The number of amides is 1. The fraction of sp³-hybridized carbons (Fsp3) is 0.464. The highest BCUT2D eigenvalue weighted by atomic mass is 35.5. The smallest absolute Gasteiger partial charge is 0.329 e. The minimum Gasteiger partial charge on any atom is -0.481 e. The molecule has 3 rings (SSSR count). The molecule has 4 unspecified atom stereocenters. The van der Waals surface area contributed by atoms with Gasteiger partial charge in [-0.1, -0.05) is 61.3 Å². The first-order valence-electron chi connectivity index (χ1n) is 12.0. The molecule has 2 aromatic carbocycles. The molecule has 1 aliphatic rings. The van der Waals surface area contributed by atoms with Crippen LogP contribution in [0.4, 0.5) is 0 Å². The summed E-state index contributed by atoms with van der Waals surface area (Å²) in [6, 6.07) is 13.0. The molecule has 0 radical (unpaired) electrons. The number of carboxylic acid groups (broad SMARTS) is 1. The zero-order valence-corrected chi connectivity index (χ0v) is 22.8. The second kappa shape index (κ2) is 10.8. The second-order valence-corrected chi connectivity index (χ2v) is 11.5. The van der Waals surface area contributed by atoms with E-state index < -0.39 is 35.0 Å². The van der Waals surface area contributed by atoms with Gasteiger partial charge in [-0.3, -0.25) is 9.59 Å². The van der Waals surface area contributed by atoms with Crippen molar-refractivity contribution in [2.24, 2.45) is 5.41 Å². The number of hydrogen-bond donors (Lipinski definition) is 1. The maximum absolute atomic E-state index is 14.2. The maximum Gasteiger partial charge on any atom is 0.329 e. The van der Waals surface area contributed by atoms with Crippen LogP contribution in [0.15, 0.2) is 48.5 Å². The number of hydrogen-bond acceptors (Lipinski definition) is 4. The van der Waals surface area contributed by atoms with Crippen molar-refractivity contribution in [2.45, 2.75) is 77.5 Å². The van der Waals surface area contributed by atoms with Crippen LogP contribution in [-0.4, -0.2) is 39.5 Å². The third-order valence-electron chi connectivity index (χ3n) is 6.53. The van der Waals surface area contributed by atoms with E-state index in [1.54, 1.807) is 50.8 Å². The van der Waals surface area contributed by atoms with Crippen molar-refractivity contribution in [3.63, 3.8) is 0 Å². The van der Waals surface area contributed by atoms with Crippen molar-refractivity contribution in [1.29, 1.82) is 0 Å². The number of benzene rings is 2. The Morgan fingerprint density at radius 3 is 2.28 bits per heavy atom. The highest BCUT2D eigenvalue weighted by Crippen LogP contribution is 2.52. The van der Waals surface area contributed by atoms with Gasteiger partial charge in [0.05, 0.1) is 17.9 Å². The summed E-state index contributed by atoms with van der Waals surface area (Å²) >= 11 is 12.5. The largest absolute Gasteiger partial charge is 0.481 e. The number of ether oxygens (including phenoxy) is 1. The van der Waals surface area contributed by atoms with E-state index in [0.29, 0.717) is 16.5 Å². The van der Waals surface area contributed by atoms with Crippen molar-refractivity contribution < 1.29 is 24.2 Å². The lowest BCUT2D eigenvalue weighted by Crippen LogP contribution is -2.58. The summed E-state index contributed by atoms with van der Waals surface area (Å²) in [6.45, 7) is 8.80. The average Bonchev–Trinajstić information content (AvgIpc) is 2.76. The fourth-order valence-corrected chi connectivity index (χ4v) is 5.39. The Morgan fingerprint density at radius 2 is 1.75 bits per heavy atom. The summed E-state index contributed by atoms with van der Waals surface area (Å²) in [5.41, 5.74) is -0.347. The molecule has 6 nitrogen and oxygen atoms in total. The van der Waals surface area contributed by atoms with E-state index in [1.165, 1.54) is 0 Å². The van der Waals surface area contributed by atoms with Gasteiger partial charge in [0.2, 0.25) is 5.91 Å². The molecule has 194 valence electrons. The van der Waals surface area contributed by atoms with Crippen molar-refractivity contribution in [1.82, 2.24) is 4.90 Å². The van der Waals surface area contributed by atoms with Crippen LogP contribution >= 0.6 is 23.2 Å². The minimum absolute atomic E-state index is 0.271. The molecule has 1 aliphatic heterocycles. The van der Waals surface area contributed by atoms with E-state index in [0.717, 1.165) is 11.1 Å². The molecule has 0 aliphatic carbocycles. The van der Waals surface area contributed by atoms with E-state index in [2.05, 4.69) is 0 Å². The van der Waals surface area contributed by atoms with Crippen LogP contribution in [-0.2, 0) is 19.1 Å². The summed E-state index contributed by atoms with van der Waals surface area (Å²) in [5.74, 6) is -2.32. The molecular weight excluding hydrogens is 501 g/mol. The Kier molecular flexibility index (Phi) is 8.41. The molecular formula is C28H33Cl2NO5. The predicted octanol–water partition coefficient (Wildman–Crippen LogP) is 6.65. The predicted molar refractivity (Wildman–Crippen MR) is 140 cm³/mol. The van der Waals surface area contributed by atoms with Gasteiger partial charge < -0.3 is 14.7 Å². The minimum atomic E-state index is -1.24. The highest BCUT2D eigenvalue weighted by Gasteiger charge is 2.53. The molecule has 36 heavy (non-hydrogen) atoms. The van der Waals surface area contributed by atoms with Crippen molar-refractivity contribution in [2.75, 3.05) is 0 Å². The molecule has 1 heterocycles. The lowest BCUT2D eigenvalue weighted by atomic mass is 9.67. The number of aliphatic carboxylic acids is 1. The number of piperidine rings is 1. The van der Waals surface area contributed by atoms with E-state index in [9.17, 15) is 19.5 Å². The first-order valence-corrected chi connectivity index (χ1v) is 12.8. The average molecular weight is 534 g/mol. The molecule has 2 aromatic rings. The number of halogens is 2. The molecule has 0 bridgehead atoms. The summed E-state index contributed by atoms with van der Waals surface area (Å²) in [4.78, 5) is 41.0. The van der Waals surface area contributed by atoms with Gasteiger partial charge in [0.15, 0.2) is 0 Å². The number of likely N-dealkylation sites (tertiary alicyclic amines) is 1. The van der Waals surface area contributed by atoms with Crippen LogP contribution in [0.25, 0.3) is 0 Å². The van der Waals surface area contributed by atoms with Crippen LogP contribution in [0.1, 0.15) is 77.0 Å². The Labute approximate surface area is 222 Å². The van der Waals surface area contributed by atoms with E-state index in [-0.39, 0.29) is 24.7 Å². The van der Waals surface area contributed by atoms with Crippen LogP contribution < -0.4 is 0 Å². The van der Waals surface area contributed by atoms with Gasteiger partial charge in [-0.05, 0) is 69.0 Å². The fourth-order valence-electron chi connectivity index (χ4n) is 5.07. The Bertz CT molecular complexity index is 1130. The van der Waals surface area contributed by atoms with Gasteiger partial charge in [-0.25, -0.2) is 4.79 Å². The number of rotatable bonds is 7. The van der Waals surface area contributed by atoms with Crippen molar-refractivity contribution in [3.8, 4) is 0 Å². The number of carbonyl (C=O) groups is 3. The molecule has 1 N–H and O–H groups in total. The first-order chi connectivity index (χ1) is 16.8. The van der Waals surface area contributed by atoms with E-state index >= 15 is 0 Å². The molecule has 1 saturated heterocycles. The summed E-state index contributed by atoms with van der Waals surface area (Å²) < 4.78 is 5.71. The maximum atomic E-state index is 14.2. The van der Waals surface area contributed by atoms with Gasteiger partial charge >= 0.3 is 11.9 Å². The van der Waals surface area contributed by atoms with Gasteiger partial charge in [0, 0.05) is 16.0 Å². The first kappa shape index (κ1) is 28.0. The lowest BCUT2D eigenvalue weighted by molar-refractivity contribution is -0.174. The Balaban J connectivity index is 2.25. The van der Waals surface area contributed by atoms with Gasteiger partial charge in [-0.15, -0.1) is 0 Å². The summed E-state index contributed by atoms with van der Waals surface area (Å²) in [5, 5.41) is 10.8. The number of carbonyl (C=O) groups excluding carboxylic acids is 2. The Morgan fingerprint density at radius 1 is 1.11 bits per heavy atom. The lowest BCUT2D eigenvalue weighted by Gasteiger charge is -2.51. The molecule has 1 fully saturated rings. The second-order valence-electron chi connectivity index (χ2n) is 10.7. The molecule has 4 atom stereocenters. The van der Waals surface area contributed by atoms with Crippen LogP contribution in [0.5, 0.6) is 0 Å². The third kappa shape index (κ3) is 6.22. The molecule has 0 spiro atoms. The number of carboxylic acids is 1. The summed E-state index contributed by atoms with van der Waals surface area (Å²) in [7, 11) is 0. The van der Waals surface area contributed by atoms with Crippen LogP contribution in [0.3, 0.4) is 0 Å².